The van der Waals surface area contributed by atoms with E-state index in [0.717, 1.165) is 19.4 Å². The fraction of sp³-hybridized carbons (Fsp3) is 0.368. The Bertz CT molecular complexity index is 847. The molecule has 4 rings (SSSR count). The molecule has 0 bridgehead atoms. The molecule has 1 aromatic carbocycles. The number of thiocarbonyl (C=S) groups is 1. The van der Waals surface area contributed by atoms with Crippen molar-refractivity contribution in [3.05, 3.63) is 41.3 Å². The lowest BCUT2D eigenvalue weighted by atomic mass is 10.0. The maximum Gasteiger partial charge on any atom is 0.265 e. The number of carbonyl (C=O) groups excluding carboxylic acids is 2. The van der Waals surface area contributed by atoms with E-state index in [1.807, 2.05) is 30.3 Å². The molecule has 2 saturated heterocycles. The predicted octanol–water partition coefficient (Wildman–Crippen LogP) is 2.95. The molecule has 3 aliphatic rings. The second kappa shape index (κ2) is 7.53. The molecule has 140 valence electrons. The third-order valence-corrected chi connectivity index (χ3v) is 6.18. The number of hydrogen-bond donors (Lipinski definition) is 0. The summed E-state index contributed by atoms with van der Waals surface area (Å²) >= 11 is 6.62. The molecule has 3 heterocycles. The molecule has 0 spiro atoms. The highest BCUT2D eigenvalue weighted by Gasteiger charge is 2.38. The maximum absolute atomic E-state index is 12.8. The summed E-state index contributed by atoms with van der Waals surface area (Å²) in [4.78, 5) is 27.7. The van der Waals surface area contributed by atoms with Crippen molar-refractivity contribution in [3.8, 4) is 0 Å². The molecule has 6 nitrogen and oxygen atoms in total. The third-order valence-electron chi connectivity index (χ3n) is 4.79. The van der Waals surface area contributed by atoms with Gasteiger partial charge in [0.25, 0.3) is 11.8 Å². The van der Waals surface area contributed by atoms with Gasteiger partial charge in [-0.2, -0.15) is 10.1 Å². The maximum atomic E-state index is 12.8. The summed E-state index contributed by atoms with van der Waals surface area (Å²) in [5, 5.41) is 5.77. The fourth-order valence-corrected chi connectivity index (χ4v) is 4.62. The molecule has 2 amide bonds. The van der Waals surface area contributed by atoms with Crippen LogP contribution in [0.5, 0.6) is 0 Å². The zero-order valence-electron chi connectivity index (χ0n) is 14.8. The molecule has 0 aromatic heterocycles. The Hall–Kier alpha value is -2.03. The number of anilines is 1. The summed E-state index contributed by atoms with van der Waals surface area (Å²) in [5.74, 6) is -0.871. The first-order valence-corrected chi connectivity index (χ1v) is 10.1. The van der Waals surface area contributed by atoms with Gasteiger partial charge in [-0.15, -0.1) is 0 Å². The summed E-state index contributed by atoms with van der Waals surface area (Å²) < 4.78 is 6.13. The topological polar surface area (TPSA) is 62.2 Å². The minimum absolute atomic E-state index is 0.0387. The predicted molar refractivity (Wildman–Crippen MR) is 109 cm³/mol. The minimum atomic E-state index is -0.554. The van der Waals surface area contributed by atoms with Crippen LogP contribution in [0, 0.1) is 5.92 Å². The van der Waals surface area contributed by atoms with Gasteiger partial charge in [0, 0.05) is 6.61 Å². The summed E-state index contributed by atoms with van der Waals surface area (Å²) in [5.41, 5.74) is 1.37. The van der Waals surface area contributed by atoms with Crippen LogP contribution >= 0.6 is 24.0 Å². The van der Waals surface area contributed by atoms with Crippen molar-refractivity contribution in [3.63, 3.8) is 0 Å². The van der Waals surface area contributed by atoms with Crippen LogP contribution < -0.4 is 5.01 Å². The number of nitrogens with zero attached hydrogens (tertiary/aromatic N) is 3. The standard InChI is InChI=1S/C19H19N3O3S2/c1-12-15(17(23)22(20-12)13-6-3-2-4-7-13)10-16-18(24)21(19(26)27-16)11-14-8-5-9-25-14/h2-4,6-7,10,14-15H,5,8-9,11H2,1H3/b16-10-/t14-,15-/m0/s1. The zero-order chi connectivity index (χ0) is 19.0. The monoisotopic (exact) mass is 401 g/mol. The van der Waals surface area contributed by atoms with Crippen molar-refractivity contribution in [2.75, 3.05) is 18.2 Å². The van der Waals surface area contributed by atoms with Gasteiger partial charge < -0.3 is 4.74 Å². The Morgan fingerprint density at radius 1 is 1.33 bits per heavy atom. The Balaban J connectivity index is 1.51. The number of hydrogen-bond acceptors (Lipinski definition) is 6. The summed E-state index contributed by atoms with van der Waals surface area (Å²) in [6, 6.07) is 9.27. The van der Waals surface area contributed by atoms with Crippen molar-refractivity contribution < 1.29 is 14.3 Å². The van der Waals surface area contributed by atoms with Crippen LogP contribution in [0.3, 0.4) is 0 Å². The van der Waals surface area contributed by atoms with E-state index >= 15 is 0 Å². The quantitative estimate of drug-likeness (QED) is 0.573. The largest absolute Gasteiger partial charge is 0.376 e. The van der Waals surface area contributed by atoms with E-state index in [1.54, 1.807) is 17.9 Å². The molecule has 8 heteroatoms. The number of rotatable bonds is 4. The van der Waals surface area contributed by atoms with E-state index in [0.29, 0.717) is 27.2 Å². The molecule has 3 aliphatic heterocycles. The summed E-state index contributed by atoms with van der Waals surface area (Å²) in [6.07, 6.45) is 3.68. The van der Waals surface area contributed by atoms with E-state index in [4.69, 9.17) is 17.0 Å². The number of carbonyl (C=O) groups is 2. The van der Waals surface area contributed by atoms with E-state index in [2.05, 4.69) is 5.10 Å². The van der Waals surface area contributed by atoms with E-state index in [9.17, 15) is 9.59 Å². The van der Waals surface area contributed by atoms with Gasteiger partial charge in [0.1, 0.15) is 4.32 Å². The molecule has 1 aromatic rings. The fourth-order valence-electron chi connectivity index (χ4n) is 3.34. The molecule has 27 heavy (non-hydrogen) atoms. The highest BCUT2D eigenvalue weighted by atomic mass is 32.2. The molecule has 0 N–H and O–H groups in total. The first kappa shape index (κ1) is 18.3. The van der Waals surface area contributed by atoms with Crippen LogP contribution in [0.4, 0.5) is 5.69 Å². The van der Waals surface area contributed by atoms with Crippen molar-refractivity contribution >= 4 is 51.5 Å². The number of benzene rings is 1. The smallest absolute Gasteiger partial charge is 0.265 e. The second-order valence-corrected chi connectivity index (χ2v) is 8.33. The van der Waals surface area contributed by atoms with Crippen LogP contribution in [-0.2, 0) is 14.3 Å². The Labute approximate surface area is 167 Å². The first-order chi connectivity index (χ1) is 13.0. The van der Waals surface area contributed by atoms with Gasteiger partial charge in [0.15, 0.2) is 0 Å². The first-order valence-electron chi connectivity index (χ1n) is 8.86. The Kier molecular flexibility index (Phi) is 5.12. The zero-order valence-corrected chi connectivity index (χ0v) is 16.5. The average molecular weight is 402 g/mol. The number of para-hydroxylation sites is 1. The third kappa shape index (κ3) is 3.56. The van der Waals surface area contributed by atoms with Crippen LogP contribution in [0.15, 0.2) is 46.4 Å². The average Bonchev–Trinajstić information content (AvgIpc) is 3.35. The van der Waals surface area contributed by atoms with Crippen LogP contribution in [0.2, 0.25) is 0 Å². The highest BCUT2D eigenvalue weighted by molar-refractivity contribution is 8.26. The summed E-state index contributed by atoms with van der Waals surface area (Å²) in [7, 11) is 0. The van der Waals surface area contributed by atoms with Gasteiger partial charge in [0.2, 0.25) is 0 Å². The van der Waals surface area contributed by atoms with Crippen molar-refractivity contribution in [2.45, 2.75) is 25.9 Å². The SMILES string of the molecule is CC1=NN(c2ccccc2)C(=O)[C@H]1/C=C1\SC(=S)N(C[C@@H]2CCCO2)C1=O. The molecule has 2 fully saturated rings. The summed E-state index contributed by atoms with van der Waals surface area (Å²) in [6.45, 7) is 3.01. The van der Waals surface area contributed by atoms with Crippen LogP contribution in [-0.4, -0.2) is 46.0 Å². The van der Waals surface area contributed by atoms with Gasteiger partial charge >= 0.3 is 0 Å². The second-order valence-electron chi connectivity index (χ2n) is 6.65. The van der Waals surface area contributed by atoms with Gasteiger partial charge in [0.05, 0.1) is 34.9 Å². The number of amides is 2. The van der Waals surface area contributed by atoms with Gasteiger partial charge in [-0.1, -0.05) is 42.2 Å². The molecule has 0 unspecified atom stereocenters. The van der Waals surface area contributed by atoms with E-state index in [1.165, 1.54) is 16.8 Å². The van der Waals surface area contributed by atoms with Gasteiger partial charge in [-0.25, -0.2) is 0 Å². The molecule has 0 saturated carbocycles. The number of ether oxygens (including phenoxy) is 1. The van der Waals surface area contributed by atoms with Gasteiger partial charge in [-0.05, 0) is 38.0 Å². The number of thioether (sulfide) groups is 1. The van der Waals surface area contributed by atoms with E-state index < -0.39 is 5.92 Å². The Morgan fingerprint density at radius 2 is 2.11 bits per heavy atom. The molecule has 2 atom stereocenters. The lowest BCUT2D eigenvalue weighted by molar-refractivity contribution is -0.123. The highest BCUT2D eigenvalue weighted by Crippen LogP contribution is 2.34. The van der Waals surface area contributed by atoms with Crippen molar-refractivity contribution in [1.82, 2.24) is 4.90 Å². The van der Waals surface area contributed by atoms with Crippen molar-refractivity contribution in [2.24, 2.45) is 11.0 Å². The van der Waals surface area contributed by atoms with Gasteiger partial charge in [-0.3, -0.25) is 14.5 Å². The molecule has 0 aliphatic carbocycles. The number of hydrazone groups is 1. The normalized spacial score (nSPS) is 27.2. The van der Waals surface area contributed by atoms with Crippen LogP contribution in [0.1, 0.15) is 19.8 Å². The van der Waals surface area contributed by atoms with Crippen molar-refractivity contribution in [1.29, 1.82) is 0 Å². The molecular weight excluding hydrogens is 382 g/mol. The molecular formula is C19H19N3O3S2. The Morgan fingerprint density at radius 3 is 2.81 bits per heavy atom. The van der Waals surface area contributed by atoms with E-state index in [-0.39, 0.29) is 17.9 Å². The molecule has 0 radical (unpaired) electrons. The lowest BCUT2D eigenvalue weighted by Crippen LogP contribution is -2.35. The minimum Gasteiger partial charge on any atom is -0.376 e. The lowest BCUT2D eigenvalue weighted by Gasteiger charge is -2.18. The van der Waals surface area contributed by atoms with Crippen LogP contribution in [0.25, 0.3) is 0 Å².